The van der Waals surface area contributed by atoms with Gasteiger partial charge in [-0.1, -0.05) is 0 Å². The summed E-state index contributed by atoms with van der Waals surface area (Å²) in [6.45, 7) is 1.92. The molecule has 0 aliphatic carbocycles. The topological polar surface area (TPSA) is 39.9 Å². The number of halogens is 1. The molecule has 0 saturated heterocycles. The van der Waals surface area contributed by atoms with Crippen LogP contribution in [0.25, 0.3) is 0 Å². The van der Waals surface area contributed by atoms with Crippen molar-refractivity contribution in [2.75, 3.05) is 11.9 Å². The maximum absolute atomic E-state index is 12.6. The molecule has 1 aromatic heterocycles. The molecule has 0 N–H and O–H groups in total. The van der Waals surface area contributed by atoms with Crippen molar-refractivity contribution >= 4 is 5.82 Å². The Kier molecular flexibility index (Phi) is 3.41. The molecule has 3 nitrogen and oxygen atoms in total. The van der Waals surface area contributed by atoms with E-state index in [0.717, 1.165) is 0 Å². The van der Waals surface area contributed by atoms with Gasteiger partial charge in [0.1, 0.15) is 11.6 Å². The van der Waals surface area contributed by atoms with E-state index in [1.54, 1.807) is 6.07 Å². The molecule has 0 aliphatic heterocycles. The van der Waals surface area contributed by atoms with E-state index in [1.165, 1.54) is 12.3 Å². The predicted octanol–water partition coefficient (Wildman–Crippen LogP) is 1.96. The number of hydrogen-bond donors (Lipinski definition) is 0. The van der Waals surface area contributed by atoms with Gasteiger partial charge in [-0.3, -0.25) is 0 Å². The number of nitrogens with zero attached hydrogens (tertiary/aromatic N) is 3. The number of aromatic nitrogens is 1. The van der Waals surface area contributed by atoms with Gasteiger partial charge in [0.05, 0.1) is 18.7 Å². The number of pyridine rings is 1. The summed E-state index contributed by atoms with van der Waals surface area (Å²) >= 11 is 0. The fraction of sp³-hybridized carbons (Fsp3) is 0.400. The van der Waals surface area contributed by atoms with Crippen LogP contribution in [0.4, 0.5) is 10.2 Å². The summed E-state index contributed by atoms with van der Waals surface area (Å²) in [6, 6.07) is 5.13. The van der Waals surface area contributed by atoms with Crippen LogP contribution >= 0.6 is 0 Å². The van der Waals surface area contributed by atoms with Crippen molar-refractivity contribution in [2.24, 2.45) is 0 Å². The summed E-state index contributed by atoms with van der Waals surface area (Å²) in [4.78, 5) is 5.77. The summed E-state index contributed by atoms with van der Waals surface area (Å²) in [6.07, 6.45) is 1.60. The van der Waals surface area contributed by atoms with E-state index in [2.05, 4.69) is 11.1 Å². The van der Waals surface area contributed by atoms with Gasteiger partial charge in [-0.2, -0.15) is 5.26 Å². The third-order valence-electron chi connectivity index (χ3n) is 2.12. The van der Waals surface area contributed by atoms with Crippen LogP contribution in [0.15, 0.2) is 18.3 Å². The van der Waals surface area contributed by atoms with E-state index in [9.17, 15) is 4.39 Å². The quantitative estimate of drug-likeness (QED) is 0.736. The van der Waals surface area contributed by atoms with E-state index >= 15 is 0 Å². The number of anilines is 1. The van der Waals surface area contributed by atoms with Crippen molar-refractivity contribution < 1.29 is 4.39 Å². The van der Waals surface area contributed by atoms with Crippen LogP contribution in [0.5, 0.6) is 0 Å². The van der Waals surface area contributed by atoms with Crippen LogP contribution in [0.3, 0.4) is 0 Å². The lowest BCUT2D eigenvalue weighted by Gasteiger charge is -2.23. The van der Waals surface area contributed by atoms with Gasteiger partial charge >= 0.3 is 0 Å². The maximum Gasteiger partial charge on any atom is 0.141 e. The number of nitriles is 1. The molecule has 1 unspecified atom stereocenters. The Bertz CT molecular complexity index is 328. The van der Waals surface area contributed by atoms with Gasteiger partial charge in [-0.15, -0.1) is 0 Å². The van der Waals surface area contributed by atoms with Crippen molar-refractivity contribution in [1.29, 1.82) is 5.26 Å². The molecular formula is C10H12FN3. The Hall–Kier alpha value is -1.63. The van der Waals surface area contributed by atoms with E-state index in [4.69, 9.17) is 5.26 Å². The highest BCUT2D eigenvalue weighted by molar-refractivity contribution is 5.38. The van der Waals surface area contributed by atoms with E-state index in [-0.39, 0.29) is 11.9 Å². The normalized spacial score (nSPS) is 11.9. The largest absolute Gasteiger partial charge is 0.356 e. The fourth-order valence-corrected chi connectivity index (χ4v) is 1.07. The Morgan fingerprint density at radius 2 is 2.36 bits per heavy atom. The average molecular weight is 193 g/mol. The molecule has 0 saturated carbocycles. The molecule has 1 heterocycles. The zero-order chi connectivity index (χ0) is 10.6. The van der Waals surface area contributed by atoms with Crippen LogP contribution in [0, 0.1) is 17.1 Å². The van der Waals surface area contributed by atoms with Crippen molar-refractivity contribution in [3.63, 3.8) is 0 Å². The van der Waals surface area contributed by atoms with E-state index < -0.39 is 0 Å². The minimum Gasteiger partial charge on any atom is -0.356 e. The lowest BCUT2D eigenvalue weighted by Crippen LogP contribution is -2.29. The first kappa shape index (κ1) is 10.5. The highest BCUT2D eigenvalue weighted by Crippen LogP contribution is 2.13. The molecular weight excluding hydrogens is 181 g/mol. The van der Waals surface area contributed by atoms with E-state index in [0.29, 0.717) is 12.2 Å². The summed E-state index contributed by atoms with van der Waals surface area (Å²) in [5.41, 5.74) is 0. The average Bonchev–Trinajstić information content (AvgIpc) is 2.18. The second-order valence-electron chi connectivity index (χ2n) is 3.16. The molecule has 0 fully saturated rings. The van der Waals surface area contributed by atoms with E-state index in [1.807, 2.05) is 18.9 Å². The molecule has 1 aromatic rings. The molecule has 0 amide bonds. The molecule has 74 valence electrons. The molecule has 0 radical (unpaired) electrons. The molecule has 0 bridgehead atoms. The zero-order valence-corrected chi connectivity index (χ0v) is 8.24. The summed E-state index contributed by atoms with van der Waals surface area (Å²) < 4.78 is 12.6. The van der Waals surface area contributed by atoms with Crippen molar-refractivity contribution in [3.8, 4) is 6.07 Å². The van der Waals surface area contributed by atoms with Crippen LogP contribution in [-0.4, -0.2) is 18.1 Å². The van der Waals surface area contributed by atoms with Gasteiger partial charge in [0.2, 0.25) is 0 Å². The smallest absolute Gasteiger partial charge is 0.141 e. The Morgan fingerprint density at radius 1 is 1.64 bits per heavy atom. The summed E-state index contributed by atoms with van der Waals surface area (Å²) in [5.74, 6) is 0.323. The second-order valence-corrected chi connectivity index (χ2v) is 3.16. The molecule has 1 atom stereocenters. The first-order chi connectivity index (χ1) is 6.65. The standard InChI is InChI=1S/C10H12FN3/c1-8(5-6-12)14(2)10-4-3-9(11)7-13-10/h3-4,7-8H,5H2,1-2H3. The van der Waals surface area contributed by atoms with Crippen LogP contribution in [-0.2, 0) is 0 Å². The first-order valence-corrected chi connectivity index (χ1v) is 4.36. The third kappa shape index (κ3) is 2.43. The fourth-order valence-electron chi connectivity index (χ4n) is 1.07. The lowest BCUT2D eigenvalue weighted by atomic mass is 10.2. The molecule has 0 aromatic carbocycles. The van der Waals surface area contributed by atoms with Gasteiger partial charge in [0, 0.05) is 13.1 Å². The van der Waals surface area contributed by atoms with Gasteiger partial charge in [-0.05, 0) is 19.1 Å². The minimum absolute atomic E-state index is 0.0814. The monoisotopic (exact) mass is 193 g/mol. The van der Waals surface area contributed by atoms with Crippen LogP contribution in [0.2, 0.25) is 0 Å². The molecule has 4 heteroatoms. The van der Waals surface area contributed by atoms with Gasteiger partial charge in [-0.25, -0.2) is 9.37 Å². The summed E-state index contributed by atoms with van der Waals surface area (Å²) in [5, 5.41) is 8.52. The molecule has 1 rings (SSSR count). The second kappa shape index (κ2) is 4.56. The lowest BCUT2D eigenvalue weighted by molar-refractivity contribution is 0.618. The Labute approximate surface area is 82.8 Å². The number of rotatable bonds is 3. The summed E-state index contributed by atoms with van der Waals surface area (Å²) in [7, 11) is 1.84. The van der Waals surface area contributed by atoms with Gasteiger partial charge in [0.25, 0.3) is 0 Å². The predicted molar refractivity (Wildman–Crippen MR) is 52.3 cm³/mol. The minimum atomic E-state index is -0.352. The van der Waals surface area contributed by atoms with Gasteiger partial charge < -0.3 is 4.90 Å². The maximum atomic E-state index is 12.6. The SMILES string of the molecule is CC(CC#N)N(C)c1ccc(F)cn1. The zero-order valence-electron chi connectivity index (χ0n) is 8.24. The van der Waals surface area contributed by atoms with Crippen LogP contribution in [0.1, 0.15) is 13.3 Å². The Morgan fingerprint density at radius 3 is 2.86 bits per heavy atom. The molecule has 14 heavy (non-hydrogen) atoms. The van der Waals surface area contributed by atoms with Crippen molar-refractivity contribution in [1.82, 2.24) is 4.98 Å². The van der Waals surface area contributed by atoms with Crippen molar-refractivity contribution in [3.05, 3.63) is 24.1 Å². The highest BCUT2D eigenvalue weighted by Gasteiger charge is 2.10. The first-order valence-electron chi connectivity index (χ1n) is 4.36. The number of hydrogen-bond acceptors (Lipinski definition) is 3. The third-order valence-corrected chi connectivity index (χ3v) is 2.12. The van der Waals surface area contributed by atoms with Gasteiger partial charge in [0.15, 0.2) is 0 Å². The van der Waals surface area contributed by atoms with Crippen LogP contribution < -0.4 is 4.90 Å². The van der Waals surface area contributed by atoms with Crippen molar-refractivity contribution in [2.45, 2.75) is 19.4 Å². The molecule has 0 aliphatic rings. The highest BCUT2D eigenvalue weighted by atomic mass is 19.1. The Balaban J connectivity index is 2.74. The molecule has 0 spiro atoms.